The SMILES string of the molecule is CC1(O)CCC(Oc2cc(-c3ccc4c(c3N)CCC4)ccn2)CC1. The van der Waals surface area contributed by atoms with Crippen molar-refractivity contribution in [2.24, 2.45) is 0 Å². The van der Waals surface area contributed by atoms with Crippen LogP contribution in [0.1, 0.15) is 50.2 Å². The Kier molecular flexibility index (Phi) is 4.16. The Hall–Kier alpha value is -2.07. The summed E-state index contributed by atoms with van der Waals surface area (Å²) in [4.78, 5) is 4.37. The number of hydrogen-bond donors (Lipinski definition) is 2. The molecular formula is C21H26N2O2. The van der Waals surface area contributed by atoms with Crippen molar-refractivity contribution in [1.82, 2.24) is 4.98 Å². The number of anilines is 1. The summed E-state index contributed by atoms with van der Waals surface area (Å²) in [6.07, 6.45) is 8.58. The van der Waals surface area contributed by atoms with Gasteiger partial charge in [0.1, 0.15) is 6.10 Å². The third kappa shape index (κ3) is 3.36. The summed E-state index contributed by atoms with van der Waals surface area (Å²) in [5.41, 5.74) is 11.6. The molecule has 1 fully saturated rings. The number of nitrogens with two attached hydrogens (primary N) is 1. The minimum Gasteiger partial charge on any atom is -0.474 e. The first-order chi connectivity index (χ1) is 12.0. The van der Waals surface area contributed by atoms with Gasteiger partial charge in [0.05, 0.1) is 5.60 Å². The molecule has 1 saturated carbocycles. The zero-order valence-electron chi connectivity index (χ0n) is 14.8. The summed E-state index contributed by atoms with van der Waals surface area (Å²) in [7, 11) is 0. The zero-order valence-corrected chi connectivity index (χ0v) is 14.8. The van der Waals surface area contributed by atoms with Crippen LogP contribution in [0.3, 0.4) is 0 Å². The number of rotatable bonds is 3. The second-order valence-corrected chi connectivity index (χ2v) is 7.71. The van der Waals surface area contributed by atoms with Gasteiger partial charge in [-0.05, 0) is 74.6 Å². The molecule has 1 aromatic heterocycles. The molecule has 4 rings (SSSR count). The highest BCUT2D eigenvalue weighted by Crippen LogP contribution is 2.36. The van der Waals surface area contributed by atoms with Gasteiger partial charge in [-0.25, -0.2) is 4.98 Å². The fraction of sp³-hybridized carbons (Fsp3) is 0.476. The van der Waals surface area contributed by atoms with E-state index in [-0.39, 0.29) is 6.10 Å². The maximum absolute atomic E-state index is 10.1. The molecule has 0 atom stereocenters. The lowest BCUT2D eigenvalue weighted by molar-refractivity contribution is -0.0117. The first kappa shape index (κ1) is 16.4. The molecule has 0 bridgehead atoms. The predicted octanol–water partition coefficient (Wildman–Crippen LogP) is 3.89. The first-order valence-electron chi connectivity index (χ1n) is 9.27. The van der Waals surface area contributed by atoms with Crippen molar-refractivity contribution >= 4 is 5.69 Å². The number of ether oxygens (including phenoxy) is 1. The van der Waals surface area contributed by atoms with Crippen LogP contribution in [-0.2, 0) is 12.8 Å². The number of nitrogens with zero attached hydrogens (tertiary/aromatic N) is 1. The standard InChI is InChI=1S/C21H26N2O2/c1-21(24)10-7-16(8-11-21)25-19-13-15(9-12-23-19)18-6-5-14-3-2-4-17(14)20(18)22/h5-6,9,12-13,16,24H,2-4,7-8,10-11,22H2,1H3. The molecule has 132 valence electrons. The monoisotopic (exact) mass is 338 g/mol. The van der Waals surface area contributed by atoms with Gasteiger partial charge in [-0.2, -0.15) is 0 Å². The van der Waals surface area contributed by atoms with Crippen LogP contribution in [0.4, 0.5) is 5.69 Å². The molecule has 0 saturated heterocycles. The molecule has 25 heavy (non-hydrogen) atoms. The lowest BCUT2D eigenvalue weighted by Crippen LogP contribution is -2.34. The van der Waals surface area contributed by atoms with E-state index in [1.807, 2.05) is 19.1 Å². The maximum Gasteiger partial charge on any atom is 0.214 e. The molecule has 0 amide bonds. The second-order valence-electron chi connectivity index (χ2n) is 7.71. The molecule has 4 heteroatoms. The largest absolute Gasteiger partial charge is 0.474 e. The van der Waals surface area contributed by atoms with E-state index in [1.165, 1.54) is 17.5 Å². The number of pyridine rings is 1. The molecule has 0 spiro atoms. The minimum absolute atomic E-state index is 0.125. The van der Waals surface area contributed by atoms with Crippen LogP contribution in [-0.4, -0.2) is 21.8 Å². The molecule has 0 radical (unpaired) electrons. The van der Waals surface area contributed by atoms with Crippen molar-refractivity contribution in [3.8, 4) is 17.0 Å². The summed E-state index contributed by atoms with van der Waals surface area (Å²) >= 11 is 0. The van der Waals surface area contributed by atoms with E-state index < -0.39 is 5.60 Å². The van der Waals surface area contributed by atoms with Crippen molar-refractivity contribution in [2.45, 2.75) is 63.6 Å². The highest BCUT2D eigenvalue weighted by molar-refractivity contribution is 5.80. The molecule has 2 aliphatic rings. The normalized spacial score (nSPS) is 25.6. The quantitative estimate of drug-likeness (QED) is 0.833. The van der Waals surface area contributed by atoms with Gasteiger partial charge in [-0.15, -0.1) is 0 Å². The van der Waals surface area contributed by atoms with Crippen molar-refractivity contribution in [3.63, 3.8) is 0 Å². The average molecular weight is 338 g/mol. The van der Waals surface area contributed by atoms with Crippen molar-refractivity contribution in [3.05, 3.63) is 41.6 Å². The Bertz CT molecular complexity index is 775. The minimum atomic E-state index is -0.548. The predicted molar refractivity (Wildman–Crippen MR) is 99.6 cm³/mol. The van der Waals surface area contributed by atoms with E-state index in [4.69, 9.17) is 10.5 Å². The lowest BCUT2D eigenvalue weighted by Gasteiger charge is -2.32. The van der Waals surface area contributed by atoms with Crippen LogP contribution < -0.4 is 10.5 Å². The number of aryl methyl sites for hydroxylation is 1. The van der Waals surface area contributed by atoms with Gasteiger partial charge in [0.2, 0.25) is 5.88 Å². The van der Waals surface area contributed by atoms with E-state index in [1.54, 1.807) is 6.20 Å². The van der Waals surface area contributed by atoms with Crippen molar-refractivity contribution < 1.29 is 9.84 Å². The Labute approximate surface area is 149 Å². The van der Waals surface area contributed by atoms with Gasteiger partial charge in [-0.1, -0.05) is 12.1 Å². The van der Waals surface area contributed by atoms with Gasteiger partial charge >= 0.3 is 0 Å². The summed E-state index contributed by atoms with van der Waals surface area (Å²) in [5, 5.41) is 10.1. The summed E-state index contributed by atoms with van der Waals surface area (Å²) in [6, 6.07) is 8.31. The molecule has 0 aliphatic heterocycles. The Morgan fingerprint density at radius 2 is 2.00 bits per heavy atom. The molecule has 1 heterocycles. The molecular weight excluding hydrogens is 312 g/mol. The van der Waals surface area contributed by atoms with Crippen molar-refractivity contribution in [2.75, 3.05) is 5.73 Å². The maximum atomic E-state index is 10.1. The third-order valence-corrected chi connectivity index (χ3v) is 5.67. The number of aromatic nitrogens is 1. The second kappa shape index (κ2) is 6.34. The van der Waals surface area contributed by atoms with Gasteiger partial charge in [0.25, 0.3) is 0 Å². The summed E-state index contributed by atoms with van der Waals surface area (Å²) in [5.74, 6) is 0.643. The van der Waals surface area contributed by atoms with Crippen LogP contribution in [0.15, 0.2) is 30.5 Å². The smallest absolute Gasteiger partial charge is 0.214 e. The Morgan fingerprint density at radius 1 is 1.20 bits per heavy atom. The average Bonchev–Trinajstić information content (AvgIpc) is 3.07. The van der Waals surface area contributed by atoms with Gasteiger partial charge < -0.3 is 15.6 Å². The number of benzene rings is 1. The Morgan fingerprint density at radius 3 is 2.80 bits per heavy atom. The van der Waals surface area contributed by atoms with Gasteiger partial charge in [0, 0.05) is 23.5 Å². The van der Waals surface area contributed by atoms with Crippen LogP contribution in [0.2, 0.25) is 0 Å². The van der Waals surface area contributed by atoms with Crippen LogP contribution >= 0.6 is 0 Å². The highest BCUT2D eigenvalue weighted by Gasteiger charge is 2.29. The zero-order chi connectivity index (χ0) is 17.4. The van der Waals surface area contributed by atoms with E-state index in [0.29, 0.717) is 5.88 Å². The molecule has 2 aliphatic carbocycles. The molecule has 4 nitrogen and oxygen atoms in total. The number of nitrogen functional groups attached to an aromatic ring is 1. The molecule has 3 N–H and O–H groups in total. The molecule has 0 unspecified atom stereocenters. The first-order valence-corrected chi connectivity index (χ1v) is 9.27. The van der Waals surface area contributed by atoms with Crippen molar-refractivity contribution in [1.29, 1.82) is 0 Å². The summed E-state index contributed by atoms with van der Waals surface area (Å²) in [6.45, 7) is 1.90. The van der Waals surface area contributed by atoms with Gasteiger partial charge in [-0.3, -0.25) is 0 Å². The van der Waals surface area contributed by atoms with E-state index in [2.05, 4.69) is 17.1 Å². The molecule has 1 aromatic carbocycles. The van der Waals surface area contributed by atoms with E-state index in [9.17, 15) is 5.11 Å². The van der Waals surface area contributed by atoms with Crippen LogP contribution in [0, 0.1) is 0 Å². The lowest BCUT2D eigenvalue weighted by atomic mass is 9.85. The topological polar surface area (TPSA) is 68.4 Å². The highest BCUT2D eigenvalue weighted by atomic mass is 16.5. The number of aliphatic hydroxyl groups is 1. The van der Waals surface area contributed by atoms with Gasteiger partial charge in [0.15, 0.2) is 0 Å². The Balaban J connectivity index is 1.54. The molecule has 2 aromatic rings. The number of hydrogen-bond acceptors (Lipinski definition) is 4. The fourth-order valence-corrected chi connectivity index (χ4v) is 4.09. The van der Waals surface area contributed by atoms with Crippen LogP contribution in [0.5, 0.6) is 5.88 Å². The summed E-state index contributed by atoms with van der Waals surface area (Å²) < 4.78 is 6.08. The van der Waals surface area contributed by atoms with E-state index in [0.717, 1.165) is 55.3 Å². The third-order valence-electron chi connectivity index (χ3n) is 5.67. The van der Waals surface area contributed by atoms with Crippen LogP contribution in [0.25, 0.3) is 11.1 Å². The fourth-order valence-electron chi connectivity index (χ4n) is 4.09. The number of fused-ring (bicyclic) bond motifs is 1. The van der Waals surface area contributed by atoms with E-state index >= 15 is 0 Å².